The van der Waals surface area contributed by atoms with Gasteiger partial charge in [-0.25, -0.2) is 0 Å². The minimum atomic E-state index is -0.891. The van der Waals surface area contributed by atoms with Crippen LogP contribution in [0.4, 0.5) is 0 Å². The van der Waals surface area contributed by atoms with Crippen LogP contribution in [0.3, 0.4) is 0 Å². The van der Waals surface area contributed by atoms with Gasteiger partial charge < -0.3 is 40.9 Å². The second kappa shape index (κ2) is 24.4. The number of carbonyl (C=O) groups is 2. The van der Waals surface area contributed by atoms with Gasteiger partial charge in [0, 0.05) is 21.1 Å². The fourth-order valence-corrected chi connectivity index (χ4v) is 0.861. The van der Waals surface area contributed by atoms with Gasteiger partial charge in [0.1, 0.15) is 0 Å². The van der Waals surface area contributed by atoms with E-state index < -0.39 is 11.9 Å². The number of aliphatic carboxylic acids is 2. The Bertz CT molecular complexity index is 204. The Hall–Kier alpha value is -0.612. The Morgan fingerprint density at radius 3 is 1.19 bits per heavy atom. The smallest absolute Gasteiger partial charge is 0.305 e. The molecule has 130 valence electrons. The molecule has 21 heavy (non-hydrogen) atoms. The van der Waals surface area contributed by atoms with Gasteiger partial charge >= 0.3 is 11.9 Å². The average molecular weight is 485 g/mol. The Morgan fingerprint density at radius 2 is 0.952 bits per heavy atom. The molecule has 0 rings (SSSR count). The summed E-state index contributed by atoms with van der Waals surface area (Å²) in [6.07, 6.45) is -0.0312. The summed E-state index contributed by atoms with van der Waals surface area (Å²) in [6, 6.07) is 0. The predicted octanol–water partition coefficient (Wildman–Crippen LogP) is -1.14. The van der Waals surface area contributed by atoms with Gasteiger partial charge in [-0.3, -0.25) is 9.59 Å². The second-order valence-corrected chi connectivity index (χ2v) is 3.12. The molecule has 0 aromatic heterocycles. The molecule has 5 N–H and O–H groups in total. The quantitative estimate of drug-likeness (QED) is 0.324. The number of carboxylic acids is 2. The largest absolute Gasteiger partial charge is 2.00 e. The van der Waals surface area contributed by atoms with Gasteiger partial charge in [-0.1, -0.05) is 0 Å². The van der Waals surface area contributed by atoms with Crippen molar-refractivity contribution in [2.24, 2.45) is 0 Å². The van der Waals surface area contributed by atoms with E-state index in [-0.39, 0.29) is 63.5 Å². The van der Waals surface area contributed by atoms with E-state index in [9.17, 15) is 9.59 Å². The van der Waals surface area contributed by atoms with Crippen molar-refractivity contribution in [3.8, 4) is 0 Å². The molecule has 0 heterocycles. The number of ether oxygens (including phenoxy) is 3. The van der Waals surface area contributed by atoms with Crippen LogP contribution in [-0.2, 0) is 50.3 Å². The van der Waals surface area contributed by atoms with Crippen LogP contribution < -0.4 is 0 Å². The normalized spacial score (nSPS) is 8.38. The molecule has 11 heteroatoms. The Labute approximate surface area is 136 Å². The number of hydrogen-bond donors (Lipinski definition) is 2. The first-order valence-corrected chi connectivity index (χ1v) is 5.29. The standard InChI is InChI=1S/C10H18O7.2H2O.O.W/c11-9(12)1-3-15-5-7-17-8-6-16-4-2-10(13)14;;;;/h1-8H2,(H,11,12)(H,13,14);2*1H2;;/q;;;-2;/p-1. The van der Waals surface area contributed by atoms with Gasteiger partial charge in [-0.2, -0.15) is 0 Å². The van der Waals surface area contributed by atoms with Gasteiger partial charge in [0.25, 0.3) is 0 Å². The van der Waals surface area contributed by atoms with E-state index in [2.05, 4.69) is 0 Å². The minimum absolute atomic E-state index is 0. The van der Waals surface area contributed by atoms with Crippen molar-refractivity contribution in [2.45, 2.75) is 12.8 Å². The summed E-state index contributed by atoms with van der Waals surface area (Å²) in [5.74, 6) is -1.78. The maximum atomic E-state index is 10.1. The van der Waals surface area contributed by atoms with E-state index in [1.165, 1.54) is 0 Å². The zero-order valence-corrected chi connectivity index (χ0v) is 14.3. The first kappa shape index (κ1) is 32.4. The van der Waals surface area contributed by atoms with Crippen LogP contribution in [0.15, 0.2) is 0 Å². The molecule has 0 atom stereocenters. The third-order valence-electron chi connectivity index (χ3n) is 1.66. The van der Waals surface area contributed by atoms with E-state index >= 15 is 0 Å². The van der Waals surface area contributed by atoms with Crippen molar-refractivity contribution in [3.63, 3.8) is 0 Å². The molecular weight excluding hydrogens is 464 g/mol. The third kappa shape index (κ3) is 32.7. The summed E-state index contributed by atoms with van der Waals surface area (Å²) in [6.45, 7) is 1.75. The summed E-state index contributed by atoms with van der Waals surface area (Å²) in [5, 5.41) is 16.6. The maximum absolute atomic E-state index is 10.1. The first-order valence-electron chi connectivity index (χ1n) is 5.29. The van der Waals surface area contributed by atoms with Crippen LogP contribution in [0, 0.1) is 0 Å². The molecule has 0 aliphatic heterocycles. The molecule has 0 radical (unpaired) electrons. The number of rotatable bonds is 12. The van der Waals surface area contributed by atoms with Crippen LogP contribution in [0.25, 0.3) is 0 Å². The van der Waals surface area contributed by atoms with E-state index in [0.717, 1.165) is 0 Å². The van der Waals surface area contributed by atoms with E-state index in [4.69, 9.17) is 24.4 Å². The molecule has 0 spiro atoms. The molecule has 0 amide bonds. The van der Waals surface area contributed by atoms with Crippen LogP contribution >= 0.6 is 0 Å². The molecule has 0 aliphatic carbocycles. The second-order valence-electron chi connectivity index (χ2n) is 3.12. The SMILES string of the molecule is O.O=C(O)CCOCCOCCOCCC(=O)O.[O-2].[OH-].[W]. The van der Waals surface area contributed by atoms with Crippen LogP contribution in [0.2, 0.25) is 0 Å². The van der Waals surface area contributed by atoms with Crippen molar-refractivity contribution in [3.05, 3.63) is 0 Å². The average Bonchev–Trinajstić information content (AvgIpc) is 2.25. The number of carboxylic acid groups (broad SMARTS) is 2. The molecule has 10 nitrogen and oxygen atoms in total. The maximum Gasteiger partial charge on any atom is 0.305 e. The molecule has 0 saturated heterocycles. The molecular formula is C10H21O10W-3. The van der Waals surface area contributed by atoms with Crippen LogP contribution in [-0.4, -0.2) is 72.7 Å². The monoisotopic (exact) mass is 485 g/mol. The summed E-state index contributed by atoms with van der Waals surface area (Å²) < 4.78 is 15.1. The summed E-state index contributed by atoms with van der Waals surface area (Å²) in [5.41, 5.74) is 0. The molecule has 0 aromatic rings. The minimum Gasteiger partial charge on any atom is -2.00 e. The fraction of sp³-hybridized carbons (Fsp3) is 0.800. The molecule has 0 aromatic carbocycles. The Morgan fingerprint density at radius 1 is 0.714 bits per heavy atom. The summed E-state index contributed by atoms with van der Waals surface area (Å²) in [4.78, 5) is 20.2. The topological polar surface area (TPSA) is 192 Å². The van der Waals surface area contributed by atoms with Crippen molar-refractivity contribution in [1.82, 2.24) is 0 Å². The van der Waals surface area contributed by atoms with Crippen LogP contribution in [0.5, 0.6) is 0 Å². The molecule has 0 unspecified atom stereocenters. The van der Waals surface area contributed by atoms with E-state index in [1.807, 2.05) is 0 Å². The first-order chi connectivity index (χ1) is 8.13. The zero-order chi connectivity index (χ0) is 12.9. The third-order valence-corrected chi connectivity index (χ3v) is 1.66. The molecule has 0 saturated carbocycles. The predicted molar refractivity (Wildman–Crippen MR) is 63.2 cm³/mol. The van der Waals surface area contributed by atoms with Crippen LogP contribution in [0.1, 0.15) is 12.8 Å². The number of hydrogen-bond acceptors (Lipinski definition) is 6. The summed E-state index contributed by atoms with van der Waals surface area (Å²) >= 11 is 0. The van der Waals surface area contributed by atoms with Gasteiger partial charge in [0.2, 0.25) is 0 Å². The Kier molecular flexibility index (Phi) is 37.6. The van der Waals surface area contributed by atoms with Crippen molar-refractivity contribution in [2.75, 3.05) is 39.6 Å². The van der Waals surface area contributed by atoms with E-state index in [0.29, 0.717) is 26.4 Å². The van der Waals surface area contributed by atoms with Gasteiger partial charge in [0.05, 0.1) is 52.5 Å². The zero-order valence-electron chi connectivity index (χ0n) is 11.4. The van der Waals surface area contributed by atoms with Gasteiger partial charge in [-0.15, -0.1) is 0 Å². The van der Waals surface area contributed by atoms with Gasteiger partial charge in [0.15, 0.2) is 0 Å². The summed E-state index contributed by atoms with van der Waals surface area (Å²) in [7, 11) is 0. The van der Waals surface area contributed by atoms with Crippen molar-refractivity contribution >= 4 is 11.9 Å². The molecule has 0 bridgehead atoms. The Balaban J connectivity index is -0.000000213. The van der Waals surface area contributed by atoms with Crippen molar-refractivity contribution < 1.29 is 71.5 Å². The molecule has 0 aliphatic rings. The van der Waals surface area contributed by atoms with Crippen molar-refractivity contribution in [1.29, 1.82) is 0 Å². The fourth-order valence-electron chi connectivity index (χ4n) is 0.861. The van der Waals surface area contributed by atoms with Gasteiger partial charge in [-0.05, 0) is 0 Å². The van der Waals surface area contributed by atoms with E-state index in [1.54, 1.807) is 0 Å². The molecule has 0 fully saturated rings.